The van der Waals surface area contributed by atoms with Gasteiger partial charge in [0.15, 0.2) is 17.5 Å². The number of thioether (sulfide) groups is 1. The summed E-state index contributed by atoms with van der Waals surface area (Å²) in [6.45, 7) is 4.50. The van der Waals surface area contributed by atoms with E-state index in [1.807, 2.05) is 0 Å². The first-order chi connectivity index (χ1) is 15.5. The number of rotatable bonds is 8. The van der Waals surface area contributed by atoms with Crippen molar-refractivity contribution in [3.8, 4) is 0 Å². The van der Waals surface area contributed by atoms with Crippen LogP contribution in [-0.2, 0) is 20.9 Å². The van der Waals surface area contributed by atoms with Crippen molar-refractivity contribution in [2.75, 3.05) is 11.9 Å². The molecule has 0 fully saturated rings. The zero-order valence-electron chi connectivity index (χ0n) is 18.3. The molecule has 7 nitrogen and oxygen atoms in total. The van der Waals surface area contributed by atoms with Crippen molar-refractivity contribution in [3.63, 3.8) is 0 Å². The van der Waals surface area contributed by atoms with Crippen LogP contribution in [0, 0.1) is 5.41 Å². The molecule has 0 spiro atoms. The lowest BCUT2D eigenvalue weighted by molar-refractivity contribution is -0.143. The molecule has 0 saturated carbocycles. The van der Waals surface area contributed by atoms with Gasteiger partial charge in [-0.1, -0.05) is 32.9 Å². The lowest BCUT2D eigenvalue weighted by atomic mass is 9.95. The van der Waals surface area contributed by atoms with E-state index in [0.29, 0.717) is 22.3 Å². The molecule has 0 aliphatic heterocycles. The van der Waals surface area contributed by atoms with E-state index in [-0.39, 0.29) is 29.4 Å². The molecule has 0 aliphatic rings. The number of hydrogen-bond acceptors (Lipinski definition) is 6. The van der Waals surface area contributed by atoms with E-state index in [0.717, 1.165) is 0 Å². The maximum Gasteiger partial charge on any atom is 0.326 e. The van der Waals surface area contributed by atoms with E-state index in [4.69, 9.17) is 4.74 Å². The molecule has 0 aliphatic carbocycles. The van der Waals surface area contributed by atoms with Crippen molar-refractivity contribution in [2.24, 2.45) is 5.41 Å². The Hall–Kier alpha value is -3.27. The summed E-state index contributed by atoms with van der Waals surface area (Å²) < 4.78 is 32.2. The van der Waals surface area contributed by atoms with Crippen molar-refractivity contribution < 1.29 is 27.9 Å². The Kier molecular flexibility index (Phi) is 7.47. The predicted octanol–water partition coefficient (Wildman–Crippen LogP) is 4.76. The van der Waals surface area contributed by atoms with Crippen molar-refractivity contribution in [3.05, 3.63) is 54.1 Å². The minimum atomic E-state index is -2.70. The fourth-order valence-corrected chi connectivity index (χ4v) is 3.44. The van der Waals surface area contributed by atoms with Crippen LogP contribution >= 0.6 is 11.8 Å². The lowest BCUT2D eigenvalue weighted by Crippen LogP contribution is -2.27. The molecule has 0 unspecified atom stereocenters. The second-order valence-electron chi connectivity index (χ2n) is 8.21. The van der Waals surface area contributed by atoms with Gasteiger partial charge in [-0.05, 0) is 48.2 Å². The predicted molar refractivity (Wildman–Crippen MR) is 121 cm³/mol. The Morgan fingerprint density at radius 1 is 1.09 bits per heavy atom. The Balaban J connectivity index is 1.61. The summed E-state index contributed by atoms with van der Waals surface area (Å²) in [6.07, 6.45) is 0. The summed E-state index contributed by atoms with van der Waals surface area (Å²) in [7, 11) is 0. The highest BCUT2D eigenvalue weighted by molar-refractivity contribution is 7.99. The number of nitrogens with one attached hydrogen (secondary N) is 1. The number of nitrogens with zero attached hydrogens (tertiary/aromatic N) is 2. The molecule has 1 aromatic heterocycles. The standard InChI is InChI=1S/C23H23F2N3O4S/c1-23(2,3)20(31)26-15-10-8-14(9-11-15)18(29)13-32-19(30)12-28-17-7-5-4-6-16(17)27-22(28)33-21(24)25/h4-11,21H,12-13H2,1-3H3,(H,26,31). The summed E-state index contributed by atoms with van der Waals surface area (Å²) in [5, 5.41) is 2.74. The third-order valence-corrected chi connectivity index (χ3v) is 5.31. The van der Waals surface area contributed by atoms with Crippen LogP contribution in [-0.4, -0.2) is 39.6 Å². The summed E-state index contributed by atoms with van der Waals surface area (Å²) in [4.78, 5) is 40.9. The van der Waals surface area contributed by atoms with Gasteiger partial charge in [0.1, 0.15) is 6.54 Å². The number of fused-ring (bicyclic) bond motifs is 1. The van der Waals surface area contributed by atoms with Gasteiger partial charge in [-0.25, -0.2) is 4.98 Å². The van der Waals surface area contributed by atoms with E-state index in [2.05, 4.69) is 10.3 Å². The van der Waals surface area contributed by atoms with Gasteiger partial charge < -0.3 is 14.6 Å². The van der Waals surface area contributed by atoms with Crippen LogP contribution in [0.2, 0.25) is 0 Å². The van der Waals surface area contributed by atoms with Gasteiger partial charge in [-0.3, -0.25) is 14.4 Å². The third-order valence-electron chi connectivity index (χ3n) is 4.61. The van der Waals surface area contributed by atoms with Gasteiger partial charge in [0.25, 0.3) is 5.76 Å². The molecule has 3 rings (SSSR count). The Morgan fingerprint density at radius 2 is 1.76 bits per heavy atom. The number of benzene rings is 2. The van der Waals surface area contributed by atoms with Crippen LogP contribution < -0.4 is 5.32 Å². The highest BCUT2D eigenvalue weighted by atomic mass is 32.2. The number of alkyl halides is 2. The molecular formula is C23H23F2N3O4S. The summed E-state index contributed by atoms with van der Waals surface area (Å²) in [6, 6.07) is 13.0. The smallest absolute Gasteiger partial charge is 0.326 e. The number of carbonyl (C=O) groups excluding carboxylic acids is 3. The molecule has 2 aromatic carbocycles. The number of Topliss-reactive ketones (excluding diaryl/α,β-unsaturated/α-hetero) is 1. The average Bonchev–Trinajstić information content (AvgIpc) is 3.08. The Bertz CT molecular complexity index is 1170. The molecule has 0 atom stereocenters. The lowest BCUT2D eigenvalue weighted by Gasteiger charge is -2.17. The number of aromatic nitrogens is 2. The number of anilines is 1. The summed E-state index contributed by atoms with van der Waals surface area (Å²) >= 11 is 0.235. The second kappa shape index (κ2) is 10.1. The number of ether oxygens (including phenoxy) is 1. The zero-order valence-corrected chi connectivity index (χ0v) is 19.1. The molecule has 1 heterocycles. The molecule has 174 valence electrons. The van der Waals surface area contributed by atoms with E-state index in [9.17, 15) is 23.2 Å². The number of imidazole rings is 1. The maximum absolute atomic E-state index is 12.9. The number of ketones is 1. The number of esters is 1. The number of para-hydroxylation sites is 2. The molecule has 0 bridgehead atoms. The normalized spacial score (nSPS) is 11.6. The summed E-state index contributed by atoms with van der Waals surface area (Å²) in [5.74, 6) is -4.05. The van der Waals surface area contributed by atoms with Crippen molar-refractivity contribution in [1.82, 2.24) is 9.55 Å². The highest BCUT2D eigenvalue weighted by Gasteiger charge is 2.22. The van der Waals surface area contributed by atoms with Crippen molar-refractivity contribution in [2.45, 2.75) is 38.2 Å². The van der Waals surface area contributed by atoms with Crippen LogP contribution in [0.25, 0.3) is 11.0 Å². The fraction of sp³-hybridized carbons (Fsp3) is 0.304. The Labute approximate surface area is 193 Å². The first-order valence-corrected chi connectivity index (χ1v) is 10.9. The summed E-state index contributed by atoms with van der Waals surface area (Å²) in [5.41, 5.74) is 1.27. The van der Waals surface area contributed by atoms with E-state index < -0.39 is 29.5 Å². The average molecular weight is 476 g/mol. The van der Waals surface area contributed by atoms with E-state index in [1.165, 1.54) is 16.7 Å². The van der Waals surface area contributed by atoms with Crippen LogP contribution in [0.5, 0.6) is 0 Å². The van der Waals surface area contributed by atoms with Gasteiger partial charge >= 0.3 is 5.97 Å². The number of halogens is 2. The van der Waals surface area contributed by atoms with Crippen LogP contribution in [0.1, 0.15) is 31.1 Å². The number of amides is 1. The maximum atomic E-state index is 12.9. The molecule has 33 heavy (non-hydrogen) atoms. The molecule has 1 N–H and O–H groups in total. The monoisotopic (exact) mass is 475 g/mol. The van der Waals surface area contributed by atoms with Crippen LogP contribution in [0.4, 0.5) is 14.5 Å². The molecule has 10 heteroatoms. The highest BCUT2D eigenvalue weighted by Crippen LogP contribution is 2.28. The number of carbonyl (C=O) groups is 3. The third kappa shape index (κ3) is 6.38. The minimum Gasteiger partial charge on any atom is -0.456 e. The Morgan fingerprint density at radius 3 is 2.39 bits per heavy atom. The first kappa shape index (κ1) is 24.4. The SMILES string of the molecule is CC(C)(C)C(=O)Nc1ccc(C(=O)COC(=O)Cn2c(SC(F)F)nc3ccccc32)cc1. The van der Waals surface area contributed by atoms with E-state index >= 15 is 0 Å². The van der Waals surface area contributed by atoms with Gasteiger partial charge in [0.05, 0.1) is 11.0 Å². The fourth-order valence-electron chi connectivity index (χ4n) is 2.84. The largest absolute Gasteiger partial charge is 0.456 e. The minimum absolute atomic E-state index is 0.0117. The van der Waals surface area contributed by atoms with Gasteiger partial charge in [0.2, 0.25) is 5.91 Å². The van der Waals surface area contributed by atoms with Gasteiger partial charge in [-0.15, -0.1) is 0 Å². The molecule has 0 radical (unpaired) electrons. The van der Waals surface area contributed by atoms with Crippen molar-refractivity contribution in [1.29, 1.82) is 0 Å². The van der Waals surface area contributed by atoms with Crippen molar-refractivity contribution >= 4 is 46.1 Å². The molecular weight excluding hydrogens is 452 g/mol. The molecule has 3 aromatic rings. The molecule has 0 saturated heterocycles. The first-order valence-electron chi connectivity index (χ1n) is 10.0. The van der Waals surface area contributed by atoms with Gasteiger partial charge in [-0.2, -0.15) is 8.78 Å². The van der Waals surface area contributed by atoms with Crippen LogP contribution in [0.15, 0.2) is 53.7 Å². The molecule has 1 amide bonds. The topological polar surface area (TPSA) is 90.3 Å². The quantitative estimate of drug-likeness (QED) is 0.287. The second-order valence-corrected chi connectivity index (χ2v) is 9.17. The van der Waals surface area contributed by atoms with E-state index in [1.54, 1.807) is 57.2 Å². The van der Waals surface area contributed by atoms with Gasteiger partial charge in [0, 0.05) is 16.7 Å². The zero-order chi connectivity index (χ0) is 24.2. The van der Waals surface area contributed by atoms with Crippen LogP contribution in [0.3, 0.4) is 0 Å². The number of hydrogen-bond donors (Lipinski definition) is 1.